The molecule has 0 aromatic heterocycles. The molecule has 1 saturated heterocycles. The SMILES string of the molecule is CCCNC1CCC(C)CC1N(C)CC1CCCN1C. The van der Waals surface area contributed by atoms with E-state index in [9.17, 15) is 0 Å². The second-order valence-corrected chi connectivity index (χ2v) is 7.26. The summed E-state index contributed by atoms with van der Waals surface area (Å²) in [5.74, 6) is 0.892. The van der Waals surface area contributed by atoms with Gasteiger partial charge in [0.1, 0.15) is 0 Å². The highest BCUT2D eigenvalue weighted by Gasteiger charge is 2.33. The third-order valence-electron chi connectivity index (χ3n) is 5.47. The van der Waals surface area contributed by atoms with Crippen molar-refractivity contribution in [2.45, 2.75) is 70.5 Å². The van der Waals surface area contributed by atoms with Gasteiger partial charge in [0.2, 0.25) is 0 Å². The minimum Gasteiger partial charge on any atom is -0.312 e. The Kier molecular flexibility index (Phi) is 6.31. The molecule has 2 fully saturated rings. The summed E-state index contributed by atoms with van der Waals surface area (Å²) in [6.07, 6.45) is 8.14. The fraction of sp³-hybridized carbons (Fsp3) is 1.00. The van der Waals surface area contributed by atoms with Gasteiger partial charge in [0.15, 0.2) is 0 Å². The highest BCUT2D eigenvalue weighted by Crippen LogP contribution is 2.28. The van der Waals surface area contributed by atoms with Crippen LogP contribution in [-0.2, 0) is 0 Å². The lowest BCUT2D eigenvalue weighted by Gasteiger charge is -2.42. The lowest BCUT2D eigenvalue weighted by molar-refractivity contribution is 0.101. The van der Waals surface area contributed by atoms with E-state index in [1.807, 2.05) is 0 Å². The molecule has 118 valence electrons. The van der Waals surface area contributed by atoms with E-state index in [0.29, 0.717) is 6.04 Å². The summed E-state index contributed by atoms with van der Waals surface area (Å²) in [5, 5.41) is 3.80. The average molecular weight is 281 g/mol. The summed E-state index contributed by atoms with van der Waals surface area (Å²) in [5.41, 5.74) is 0. The van der Waals surface area contributed by atoms with Gasteiger partial charge in [0.25, 0.3) is 0 Å². The highest BCUT2D eigenvalue weighted by molar-refractivity contribution is 4.91. The van der Waals surface area contributed by atoms with Gasteiger partial charge in [0.05, 0.1) is 0 Å². The molecular formula is C17H35N3. The van der Waals surface area contributed by atoms with E-state index in [1.165, 1.54) is 58.2 Å². The van der Waals surface area contributed by atoms with Crippen molar-refractivity contribution in [3.05, 3.63) is 0 Å². The summed E-state index contributed by atoms with van der Waals surface area (Å²) in [7, 11) is 4.65. The predicted octanol–water partition coefficient (Wildman–Crippen LogP) is 2.57. The Morgan fingerprint density at radius 2 is 2.05 bits per heavy atom. The molecular weight excluding hydrogens is 246 g/mol. The van der Waals surface area contributed by atoms with Crippen molar-refractivity contribution >= 4 is 0 Å². The molecule has 1 saturated carbocycles. The minimum atomic E-state index is 0.711. The molecule has 3 heteroatoms. The molecule has 1 heterocycles. The first kappa shape index (κ1) is 16.3. The van der Waals surface area contributed by atoms with Gasteiger partial charge in [-0.3, -0.25) is 0 Å². The number of nitrogens with zero attached hydrogens (tertiary/aromatic N) is 2. The Bertz CT molecular complexity index is 279. The van der Waals surface area contributed by atoms with Crippen molar-refractivity contribution in [3.8, 4) is 0 Å². The van der Waals surface area contributed by atoms with Gasteiger partial charge in [-0.1, -0.05) is 13.8 Å². The van der Waals surface area contributed by atoms with Crippen molar-refractivity contribution in [1.82, 2.24) is 15.1 Å². The summed E-state index contributed by atoms with van der Waals surface area (Å²) in [6, 6.07) is 2.23. The Balaban J connectivity index is 1.90. The van der Waals surface area contributed by atoms with Crippen LogP contribution in [0.2, 0.25) is 0 Å². The van der Waals surface area contributed by atoms with Crippen LogP contribution in [0.1, 0.15) is 52.4 Å². The number of likely N-dealkylation sites (N-methyl/N-ethyl adjacent to an activating group) is 2. The maximum atomic E-state index is 3.80. The number of hydrogen-bond donors (Lipinski definition) is 1. The number of nitrogens with one attached hydrogen (secondary N) is 1. The Hall–Kier alpha value is -0.120. The van der Waals surface area contributed by atoms with E-state index in [-0.39, 0.29) is 0 Å². The standard InChI is InChI=1S/C17H35N3/c1-5-10-18-16-9-8-14(2)12-17(16)20(4)13-15-7-6-11-19(15)3/h14-18H,5-13H2,1-4H3. The third kappa shape index (κ3) is 4.19. The van der Waals surface area contributed by atoms with Crippen LogP contribution in [0.15, 0.2) is 0 Å². The molecule has 1 N–H and O–H groups in total. The highest BCUT2D eigenvalue weighted by atomic mass is 15.2. The van der Waals surface area contributed by atoms with Crippen LogP contribution in [0.5, 0.6) is 0 Å². The molecule has 0 amide bonds. The lowest BCUT2D eigenvalue weighted by Crippen LogP contribution is -2.54. The summed E-state index contributed by atoms with van der Waals surface area (Å²) in [4.78, 5) is 5.21. The molecule has 0 spiro atoms. The van der Waals surface area contributed by atoms with Gasteiger partial charge in [-0.15, -0.1) is 0 Å². The van der Waals surface area contributed by atoms with Crippen LogP contribution >= 0.6 is 0 Å². The van der Waals surface area contributed by atoms with E-state index in [1.54, 1.807) is 0 Å². The molecule has 2 rings (SSSR count). The molecule has 0 bridgehead atoms. The van der Waals surface area contributed by atoms with Gasteiger partial charge >= 0.3 is 0 Å². The molecule has 0 radical (unpaired) electrons. The minimum absolute atomic E-state index is 0.711. The zero-order valence-corrected chi connectivity index (χ0v) is 14.1. The maximum absolute atomic E-state index is 3.80. The van der Waals surface area contributed by atoms with Gasteiger partial charge in [-0.2, -0.15) is 0 Å². The van der Waals surface area contributed by atoms with Crippen LogP contribution in [0.4, 0.5) is 0 Å². The Morgan fingerprint density at radius 3 is 2.70 bits per heavy atom. The zero-order valence-electron chi connectivity index (χ0n) is 14.1. The predicted molar refractivity (Wildman–Crippen MR) is 87.2 cm³/mol. The van der Waals surface area contributed by atoms with E-state index in [0.717, 1.165) is 18.0 Å². The second-order valence-electron chi connectivity index (χ2n) is 7.26. The quantitative estimate of drug-likeness (QED) is 0.807. The molecule has 0 aromatic carbocycles. The normalized spacial score (nSPS) is 35.9. The molecule has 2 aliphatic rings. The van der Waals surface area contributed by atoms with E-state index in [4.69, 9.17) is 0 Å². The fourth-order valence-electron chi connectivity index (χ4n) is 4.08. The Labute approximate surface area is 126 Å². The van der Waals surface area contributed by atoms with Crippen molar-refractivity contribution < 1.29 is 0 Å². The molecule has 0 aromatic rings. The molecule has 4 atom stereocenters. The molecule has 1 aliphatic carbocycles. The smallest absolute Gasteiger partial charge is 0.0249 e. The summed E-state index contributed by atoms with van der Waals surface area (Å²) in [6.45, 7) is 8.41. The van der Waals surface area contributed by atoms with E-state index >= 15 is 0 Å². The molecule has 1 aliphatic heterocycles. The van der Waals surface area contributed by atoms with Crippen molar-refractivity contribution in [3.63, 3.8) is 0 Å². The van der Waals surface area contributed by atoms with Crippen LogP contribution in [-0.4, -0.2) is 61.7 Å². The van der Waals surface area contributed by atoms with Gasteiger partial charge in [-0.05, 0) is 71.6 Å². The fourth-order valence-corrected chi connectivity index (χ4v) is 4.08. The van der Waals surface area contributed by atoms with Crippen LogP contribution in [0.25, 0.3) is 0 Å². The molecule has 20 heavy (non-hydrogen) atoms. The summed E-state index contributed by atoms with van der Waals surface area (Å²) >= 11 is 0. The average Bonchev–Trinajstić information content (AvgIpc) is 2.83. The topological polar surface area (TPSA) is 18.5 Å². The number of hydrogen-bond acceptors (Lipinski definition) is 3. The van der Waals surface area contributed by atoms with Crippen LogP contribution < -0.4 is 5.32 Å². The van der Waals surface area contributed by atoms with Gasteiger partial charge < -0.3 is 15.1 Å². The van der Waals surface area contributed by atoms with E-state index in [2.05, 4.69) is 43.1 Å². The maximum Gasteiger partial charge on any atom is 0.0249 e. The third-order valence-corrected chi connectivity index (χ3v) is 5.47. The number of likely N-dealkylation sites (tertiary alicyclic amines) is 1. The Morgan fingerprint density at radius 1 is 1.25 bits per heavy atom. The second kappa shape index (κ2) is 7.77. The van der Waals surface area contributed by atoms with Crippen LogP contribution in [0, 0.1) is 5.92 Å². The van der Waals surface area contributed by atoms with Crippen molar-refractivity contribution in [2.24, 2.45) is 5.92 Å². The zero-order chi connectivity index (χ0) is 14.5. The first-order chi connectivity index (χ1) is 9.61. The monoisotopic (exact) mass is 281 g/mol. The first-order valence-electron chi connectivity index (χ1n) is 8.75. The molecule has 3 nitrogen and oxygen atoms in total. The summed E-state index contributed by atoms with van der Waals surface area (Å²) < 4.78 is 0. The van der Waals surface area contributed by atoms with E-state index < -0.39 is 0 Å². The van der Waals surface area contributed by atoms with Crippen LogP contribution in [0.3, 0.4) is 0 Å². The first-order valence-corrected chi connectivity index (χ1v) is 8.75. The van der Waals surface area contributed by atoms with Crippen molar-refractivity contribution in [2.75, 3.05) is 33.7 Å². The largest absolute Gasteiger partial charge is 0.312 e. The molecule has 4 unspecified atom stereocenters. The van der Waals surface area contributed by atoms with Crippen molar-refractivity contribution in [1.29, 1.82) is 0 Å². The van der Waals surface area contributed by atoms with Gasteiger partial charge in [-0.25, -0.2) is 0 Å². The lowest BCUT2D eigenvalue weighted by atomic mass is 9.82. The van der Waals surface area contributed by atoms with Gasteiger partial charge in [0, 0.05) is 24.7 Å². The number of rotatable bonds is 6.